The Hall–Kier alpha value is -3.66. The van der Waals surface area contributed by atoms with Crippen molar-refractivity contribution in [1.82, 2.24) is 19.5 Å². The van der Waals surface area contributed by atoms with Crippen LogP contribution in [0.5, 0.6) is 5.75 Å². The van der Waals surface area contributed by atoms with Crippen LogP contribution in [0.4, 0.5) is 11.4 Å². The lowest BCUT2D eigenvalue weighted by Crippen LogP contribution is -2.51. The minimum atomic E-state index is -0.823. The van der Waals surface area contributed by atoms with E-state index in [2.05, 4.69) is 20.3 Å². The van der Waals surface area contributed by atoms with Crippen molar-refractivity contribution >= 4 is 28.9 Å². The van der Waals surface area contributed by atoms with Crippen LogP contribution < -0.4 is 15.0 Å². The maximum Gasteiger partial charge on any atom is 0.320 e. The maximum absolute atomic E-state index is 13.2. The minimum Gasteiger partial charge on any atom is -0.487 e. The molecule has 2 N–H and O–H groups in total. The van der Waals surface area contributed by atoms with Crippen molar-refractivity contribution in [2.24, 2.45) is 0 Å². The molecular formula is C24H28N6O4. The van der Waals surface area contributed by atoms with Crippen molar-refractivity contribution in [2.75, 3.05) is 36.4 Å². The number of carbonyl (C=O) groups excluding carboxylic acids is 1. The van der Waals surface area contributed by atoms with Gasteiger partial charge in [0.05, 0.1) is 17.6 Å². The number of carboxylic acids is 1. The van der Waals surface area contributed by atoms with E-state index < -0.39 is 12.0 Å². The lowest BCUT2D eigenvalue weighted by atomic mass is 10.0. The van der Waals surface area contributed by atoms with E-state index in [4.69, 9.17) is 4.74 Å². The summed E-state index contributed by atoms with van der Waals surface area (Å²) in [6.45, 7) is 8.30. The first kappa shape index (κ1) is 22.1. The van der Waals surface area contributed by atoms with Crippen LogP contribution in [0.1, 0.15) is 36.7 Å². The molecule has 1 atom stereocenters. The summed E-state index contributed by atoms with van der Waals surface area (Å²) in [5.41, 5.74) is 3.16. The van der Waals surface area contributed by atoms with Crippen molar-refractivity contribution in [3.05, 3.63) is 47.9 Å². The molecule has 5 rings (SSSR count). The third kappa shape index (κ3) is 4.05. The lowest BCUT2D eigenvalue weighted by Gasteiger charge is -2.38. The molecule has 0 unspecified atom stereocenters. The number of piperazine rings is 1. The predicted octanol–water partition coefficient (Wildman–Crippen LogP) is 2.29. The molecular weight excluding hydrogens is 436 g/mol. The van der Waals surface area contributed by atoms with Gasteiger partial charge in [0.2, 0.25) is 0 Å². The van der Waals surface area contributed by atoms with Crippen molar-refractivity contribution in [3.63, 3.8) is 0 Å². The Kier molecular flexibility index (Phi) is 5.40. The highest BCUT2D eigenvalue weighted by molar-refractivity contribution is 6.09. The molecule has 2 aromatic heterocycles. The molecule has 4 heterocycles. The van der Waals surface area contributed by atoms with E-state index in [1.54, 1.807) is 29.9 Å². The molecule has 0 bridgehead atoms. The second-order valence-electron chi connectivity index (χ2n) is 9.45. The fraction of sp³-hybridized carbons (Fsp3) is 0.417. The molecule has 2 aliphatic heterocycles. The Labute approximate surface area is 197 Å². The van der Waals surface area contributed by atoms with Gasteiger partial charge in [-0.1, -0.05) is 0 Å². The summed E-state index contributed by atoms with van der Waals surface area (Å²) in [5, 5.41) is 16.6. The second-order valence-corrected chi connectivity index (χ2v) is 9.45. The number of carboxylic acid groups (broad SMARTS) is 1. The normalized spacial score (nSPS) is 18.4. The molecule has 1 fully saturated rings. The van der Waals surface area contributed by atoms with Crippen LogP contribution in [0.2, 0.25) is 0 Å². The summed E-state index contributed by atoms with van der Waals surface area (Å²) >= 11 is 0. The first-order valence-corrected chi connectivity index (χ1v) is 11.4. The van der Waals surface area contributed by atoms with Crippen LogP contribution in [0, 0.1) is 0 Å². The van der Waals surface area contributed by atoms with E-state index in [9.17, 15) is 14.7 Å². The standard InChI is InChI=1S/C24H28N6O4/c1-15(23(32)33)28-7-9-29(10-8-28)19-12-20-16(13-24(2,3)34-20)11-18(19)27-22(31)17-14-26-30-6-4-5-25-21(17)30/h4-6,11-12,14-15H,7-10,13H2,1-3H3,(H,27,31)(H,32,33)/t15-/m1/s1. The first-order chi connectivity index (χ1) is 16.2. The largest absolute Gasteiger partial charge is 0.487 e. The molecule has 10 heteroatoms. The number of ether oxygens (including phenoxy) is 1. The van der Waals surface area contributed by atoms with Crippen molar-refractivity contribution in [1.29, 1.82) is 0 Å². The van der Waals surface area contributed by atoms with E-state index in [0.717, 1.165) is 23.4 Å². The fourth-order valence-corrected chi connectivity index (χ4v) is 4.68. The van der Waals surface area contributed by atoms with Crippen LogP contribution >= 0.6 is 0 Å². The van der Waals surface area contributed by atoms with Crippen molar-refractivity contribution < 1.29 is 19.4 Å². The highest BCUT2D eigenvalue weighted by atomic mass is 16.5. The molecule has 1 aromatic carbocycles. The monoisotopic (exact) mass is 464 g/mol. The zero-order valence-corrected chi connectivity index (χ0v) is 19.5. The Morgan fingerprint density at radius 1 is 1.21 bits per heavy atom. The molecule has 0 spiro atoms. The third-order valence-corrected chi connectivity index (χ3v) is 6.51. The number of carbonyl (C=O) groups is 2. The number of anilines is 2. The summed E-state index contributed by atoms with van der Waals surface area (Å²) in [6, 6.07) is 5.20. The average molecular weight is 465 g/mol. The number of benzene rings is 1. The molecule has 0 aliphatic carbocycles. The number of hydrogen-bond acceptors (Lipinski definition) is 7. The number of fused-ring (bicyclic) bond motifs is 2. The molecule has 0 saturated carbocycles. The Morgan fingerprint density at radius 3 is 2.71 bits per heavy atom. The Balaban J connectivity index is 1.45. The summed E-state index contributed by atoms with van der Waals surface area (Å²) in [7, 11) is 0. The van der Waals surface area contributed by atoms with Crippen LogP contribution in [0.15, 0.2) is 36.8 Å². The molecule has 178 valence electrons. The third-order valence-electron chi connectivity index (χ3n) is 6.51. The van der Waals surface area contributed by atoms with Crippen molar-refractivity contribution in [3.8, 4) is 5.75 Å². The van der Waals surface area contributed by atoms with Gasteiger partial charge in [0.15, 0.2) is 5.65 Å². The fourth-order valence-electron chi connectivity index (χ4n) is 4.68. The molecule has 10 nitrogen and oxygen atoms in total. The van der Waals surface area contributed by atoms with E-state index in [-0.39, 0.29) is 11.5 Å². The summed E-state index contributed by atoms with van der Waals surface area (Å²) in [5.74, 6) is -0.292. The van der Waals surface area contributed by atoms with E-state index >= 15 is 0 Å². The Morgan fingerprint density at radius 2 is 1.97 bits per heavy atom. The number of hydrogen-bond donors (Lipinski definition) is 2. The zero-order valence-electron chi connectivity index (χ0n) is 19.5. The average Bonchev–Trinajstić information content (AvgIpc) is 3.37. The summed E-state index contributed by atoms with van der Waals surface area (Å²) in [4.78, 5) is 33.0. The quantitative estimate of drug-likeness (QED) is 0.592. The van der Waals surface area contributed by atoms with Gasteiger partial charge >= 0.3 is 5.97 Å². The van der Waals surface area contributed by atoms with Gasteiger partial charge in [0.25, 0.3) is 5.91 Å². The topological polar surface area (TPSA) is 112 Å². The first-order valence-electron chi connectivity index (χ1n) is 11.4. The van der Waals surface area contributed by atoms with Gasteiger partial charge in [0, 0.05) is 56.6 Å². The van der Waals surface area contributed by atoms with Gasteiger partial charge in [-0.2, -0.15) is 5.10 Å². The number of aliphatic carboxylic acids is 1. The number of aromatic nitrogens is 3. The zero-order chi connectivity index (χ0) is 24.0. The molecule has 2 aliphatic rings. The second kappa shape index (κ2) is 8.28. The Bertz CT molecular complexity index is 1260. The van der Waals surface area contributed by atoms with Crippen LogP contribution in [0.3, 0.4) is 0 Å². The predicted molar refractivity (Wildman–Crippen MR) is 127 cm³/mol. The molecule has 34 heavy (non-hydrogen) atoms. The smallest absolute Gasteiger partial charge is 0.320 e. The number of nitrogens with one attached hydrogen (secondary N) is 1. The summed E-state index contributed by atoms with van der Waals surface area (Å²) in [6.07, 6.45) is 5.64. The van der Waals surface area contributed by atoms with Gasteiger partial charge in [-0.15, -0.1) is 0 Å². The highest BCUT2D eigenvalue weighted by Crippen LogP contribution is 2.42. The van der Waals surface area contributed by atoms with Gasteiger partial charge in [-0.25, -0.2) is 9.50 Å². The van der Waals surface area contributed by atoms with Gasteiger partial charge in [-0.05, 0) is 32.9 Å². The van der Waals surface area contributed by atoms with E-state index in [0.29, 0.717) is 43.1 Å². The van der Waals surface area contributed by atoms with Crippen LogP contribution in [0.25, 0.3) is 5.65 Å². The van der Waals surface area contributed by atoms with E-state index in [1.807, 2.05) is 30.9 Å². The van der Waals surface area contributed by atoms with Gasteiger partial charge < -0.3 is 20.1 Å². The SMILES string of the molecule is C[C@H](C(=O)O)N1CCN(c2cc3c(cc2NC(=O)c2cnn4cccnc24)CC(C)(C)O3)CC1. The number of rotatable bonds is 5. The molecule has 3 aromatic rings. The van der Waals surface area contributed by atoms with Crippen LogP contribution in [-0.4, -0.2) is 74.3 Å². The van der Waals surface area contributed by atoms with Crippen LogP contribution in [-0.2, 0) is 11.2 Å². The summed E-state index contributed by atoms with van der Waals surface area (Å²) < 4.78 is 7.72. The molecule has 0 radical (unpaired) electrons. The van der Waals surface area contributed by atoms with Gasteiger partial charge in [-0.3, -0.25) is 14.5 Å². The maximum atomic E-state index is 13.2. The minimum absolute atomic E-state index is 0.286. The van der Waals surface area contributed by atoms with Crippen molar-refractivity contribution in [2.45, 2.75) is 38.8 Å². The van der Waals surface area contributed by atoms with E-state index in [1.165, 1.54) is 6.20 Å². The highest BCUT2D eigenvalue weighted by Gasteiger charge is 2.33. The number of nitrogens with zero attached hydrogens (tertiary/aromatic N) is 5. The van der Waals surface area contributed by atoms with Gasteiger partial charge in [0.1, 0.15) is 23.0 Å². The lowest BCUT2D eigenvalue weighted by molar-refractivity contribution is -0.142. The number of amides is 1. The molecule has 1 amide bonds. The molecule has 1 saturated heterocycles.